The molecular weight excluding hydrogens is 348 g/mol. The normalized spacial score (nSPS) is 15.2. The van der Waals surface area contributed by atoms with Gasteiger partial charge in [-0.2, -0.15) is 0 Å². The van der Waals surface area contributed by atoms with E-state index in [1.807, 2.05) is 13.8 Å². The lowest BCUT2D eigenvalue weighted by Crippen LogP contribution is -2.47. The van der Waals surface area contributed by atoms with Gasteiger partial charge in [-0.1, -0.05) is 19.1 Å². The van der Waals surface area contributed by atoms with Gasteiger partial charge in [0, 0.05) is 18.9 Å². The molecule has 0 aliphatic carbocycles. The highest BCUT2D eigenvalue weighted by molar-refractivity contribution is 6.10. The Kier molecular flexibility index (Phi) is 6.92. The van der Waals surface area contributed by atoms with Gasteiger partial charge in [0.1, 0.15) is 12.6 Å². The number of hydrogen-bond acceptors (Lipinski definition) is 4. The van der Waals surface area contributed by atoms with E-state index < -0.39 is 6.04 Å². The minimum atomic E-state index is -0.678. The van der Waals surface area contributed by atoms with E-state index >= 15 is 0 Å². The number of para-hydroxylation sites is 2. The van der Waals surface area contributed by atoms with E-state index in [2.05, 4.69) is 16.0 Å². The molecule has 4 amide bonds. The molecule has 27 heavy (non-hydrogen) atoms. The van der Waals surface area contributed by atoms with Crippen LogP contribution in [0.3, 0.4) is 0 Å². The first-order valence-corrected chi connectivity index (χ1v) is 9.10. The second kappa shape index (κ2) is 9.16. The zero-order valence-corrected chi connectivity index (χ0v) is 15.9. The van der Waals surface area contributed by atoms with Crippen LogP contribution in [0.15, 0.2) is 24.3 Å². The van der Waals surface area contributed by atoms with Gasteiger partial charge in [-0.15, -0.1) is 0 Å². The molecular formula is C19H26N4O4. The van der Waals surface area contributed by atoms with E-state index in [-0.39, 0.29) is 49.1 Å². The first-order chi connectivity index (χ1) is 12.8. The van der Waals surface area contributed by atoms with Crippen molar-refractivity contribution in [2.45, 2.75) is 52.1 Å². The first kappa shape index (κ1) is 20.4. The number of rotatable bonds is 7. The molecule has 2 rings (SSSR count). The molecule has 1 aromatic rings. The maximum Gasteiger partial charge on any atom is 0.244 e. The number of anilines is 2. The third-order valence-electron chi connectivity index (χ3n) is 4.41. The van der Waals surface area contributed by atoms with Crippen molar-refractivity contribution in [3.8, 4) is 0 Å². The lowest BCUT2D eigenvalue weighted by atomic mass is 10.1. The fourth-order valence-electron chi connectivity index (χ4n) is 2.66. The van der Waals surface area contributed by atoms with Gasteiger partial charge in [0.2, 0.25) is 23.6 Å². The third kappa shape index (κ3) is 5.54. The molecule has 0 aromatic heterocycles. The summed E-state index contributed by atoms with van der Waals surface area (Å²) in [5.74, 6) is -1.23. The van der Waals surface area contributed by atoms with Crippen LogP contribution in [0.1, 0.15) is 40.0 Å². The van der Waals surface area contributed by atoms with Crippen molar-refractivity contribution in [1.29, 1.82) is 0 Å². The van der Waals surface area contributed by atoms with Crippen molar-refractivity contribution in [2.75, 3.05) is 16.8 Å². The van der Waals surface area contributed by atoms with Gasteiger partial charge < -0.3 is 20.9 Å². The highest BCUT2D eigenvalue weighted by Gasteiger charge is 2.27. The molecule has 3 N–H and O–H groups in total. The van der Waals surface area contributed by atoms with E-state index in [0.29, 0.717) is 11.4 Å². The Labute approximate surface area is 158 Å². The summed E-state index contributed by atoms with van der Waals surface area (Å²) >= 11 is 0. The largest absolute Gasteiger partial charge is 0.352 e. The van der Waals surface area contributed by atoms with E-state index in [9.17, 15) is 19.2 Å². The summed E-state index contributed by atoms with van der Waals surface area (Å²) in [5, 5.41) is 8.10. The van der Waals surface area contributed by atoms with Gasteiger partial charge in [0.15, 0.2) is 0 Å². The molecule has 2 unspecified atom stereocenters. The summed E-state index contributed by atoms with van der Waals surface area (Å²) in [5.41, 5.74) is 1.19. The third-order valence-corrected chi connectivity index (χ3v) is 4.41. The Hall–Kier alpha value is -2.90. The predicted molar refractivity (Wildman–Crippen MR) is 102 cm³/mol. The lowest BCUT2D eigenvalue weighted by Gasteiger charge is -2.29. The number of carbonyl (C=O) groups is 4. The van der Waals surface area contributed by atoms with Crippen molar-refractivity contribution in [3.63, 3.8) is 0 Å². The van der Waals surface area contributed by atoms with Gasteiger partial charge in [0.25, 0.3) is 0 Å². The fourth-order valence-corrected chi connectivity index (χ4v) is 2.66. The minimum Gasteiger partial charge on any atom is -0.352 e. The number of carbonyl (C=O) groups excluding carboxylic acids is 4. The number of fused-ring (bicyclic) bond motifs is 1. The summed E-state index contributed by atoms with van der Waals surface area (Å²) < 4.78 is 0. The van der Waals surface area contributed by atoms with Crippen LogP contribution < -0.4 is 20.9 Å². The van der Waals surface area contributed by atoms with Crippen LogP contribution in [0.2, 0.25) is 0 Å². The molecule has 0 fully saturated rings. The highest BCUT2D eigenvalue weighted by atomic mass is 16.2. The average molecular weight is 374 g/mol. The summed E-state index contributed by atoms with van der Waals surface area (Å²) in [6, 6.07) is 6.37. The number of amides is 4. The van der Waals surface area contributed by atoms with Crippen LogP contribution in [-0.4, -0.2) is 42.3 Å². The van der Waals surface area contributed by atoms with Crippen LogP contribution in [-0.2, 0) is 19.2 Å². The molecule has 1 heterocycles. The highest BCUT2D eigenvalue weighted by Crippen LogP contribution is 2.29. The molecule has 0 saturated heterocycles. The smallest absolute Gasteiger partial charge is 0.244 e. The maximum atomic E-state index is 12.5. The zero-order chi connectivity index (χ0) is 20.0. The lowest BCUT2D eigenvalue weighted by molar-refractivity contribution is -0.130. The van der Waals surface area contributed by atoms with Crippen molar-refractivity contribution in [1.82, 2.24) is 10.6 Å². The molecule has 1 aliphatic rings. The summed E-state index contributed by atoms with van der Waals surface area (Å²) in [7, 11) is 0. The molecule has 1 aliphatic heterocycles. The second-order valence-corrected chi connectivity index (χ2v) is 6.65. The predicted octanol–water partition coefficient (Wildman–Crippen LogP) is 1.17. The van der Waals surface area contributed by atoms with Crippen LogP contribution in [0.5, 0.6) is 0 Å². The molecule has 8 nitrogen and oxygen atoms in total. The van der Waals surface area contributed by atoms with Crippen molar-refractivity contribution in [2.24, 2.45) is 0 Å². The molecule has 0 bridgehead atoms. The second-order valence-electron chi connectivity index (χ2n) is 6.65. The Morgan fingerprint density at radius 1 is 1.15 bits per heavy atom. The SMILES string of the molecule is CCC(C)NC(=O)C(C)NC(=O)CCC(=O)N1CC(=O)Nc2ccccc21. The van der Waals surface area contributed by atoms with Gasteiger partial charge >= 0.3 is 0 Å². The summed E-state index contributed by atoms with van der Waals surface area (Å²) in [6.07, 6.45) is 0.693. The van der Waals surface area contributed by atoms with Crippen LogP contribution >= 0.6 is 0 Å². The molecule has 0 radical (unpaired) electrons. The standard InChI is InChI=1S/C19H26N4O4/c1-4-12(2)20-19(27)13(3)21-16(24)9-10-18(26)23-11-17(25)22-14-7-5-6-8-15(14)23/h5-8,12-13H,4,9-11H2,1-3H3,(H,20,27)(H,21,24)(H,22,25). The topological polar surface area (TPSA) is 108 Å². The van der Waals surface area contributed by atoms with Crippen molar-refractivity contribution < 1.29 is 19.2 Å². The van der Waals surface area contributed by atoms with Crippen LogP contribution in [0.4, 0.5) is 11.4 Å². The van der Waals surface area contributed by atoms with Crippen molar-refractivity contribution in [3.05, 3.63) is 24.3 Å². The monoisotopic (exact) mass is 374 g/mol. The number of hydrogen-bond donors (Lipinski definition) is 3. The Morgan fingerprint density at radius 3 is 2.56 bits per heavy atom. The fraction of sp³-hybridized carbons (Fsp3) is 0.474. The van der Waals surface area contributed by atoms with E-state index in [4.69, 9.17) is 0 Å². The van der Waals surface area contributed by atoms with Crippen molar-refractivity contribution >= 4 is 35.0 Å². The van der Waals surface area contributed by atoms with E-state index in [0.717, 1.165) is 6.42 Å². The molecule has 8 heteroatoms. The Balaban J connectivity index is 1.87. The Bertz CT molecular complexity index is 734. The summed E-state index contributed by atoms with van der Waals surface area (Å²) in [4.78, 5) is 49.7. The van der Waals surface area contributed by atoms with Gasteiger partial charge in [-0.3, -0.25) is 19.2 Å². The van der Waals surface area contributed by atoms with Crippen LogP contribution in [0, 0.1) is 0 Å². The first-order valence-electron chi connectivity index (χ1n) is 9.10. The number of benzene rings is 1. The number of nitrogens with one attached hydrogen (secondary N) is 3. The minimum absolute atomic E-state index is 0.0312. The molecule has 2 atom stereocenters. The quantitative estimate of drug-likeness (QED) is 0.666. The molecule has 1 aromatic carbocycles. The van der Waals surface area contributed by atoms with E-state index in [1.165, 1.54) is 4.90 Å². The van der Waals surface area contributed by atoms with Gasteiger partial charge in [-0.25, -0.2) is 0 Å². The average Bonchev–Trinajstić information content (AvgIpc) is 2.65. The maximum absolute atomic E-state index is 12.5. The number of nitrogens with zero attached hydrogens (tertiary/aromatic N) is 1. The van der Waals surface area contributed by atoms with E-state index in [1.54, 1.807) is 31.2 Å². The Morgan fingerprint density at radius 2 is 1.85 bits per heavy atom. The van der Waals surface area contributed by atoms with Crippen LogP contribution in [0.25, 0.3) is 0 Å². The molecule has 0 spiro atoms. The van der Waals surface area contributed by atoms with Gasteiger partial charge in [-0.05, 0) is 32.4 Å². The molecule has 0 saturated carbocycles. The molecule has 146 valence electrons. The zero-order valence-electron chi connectivity index (χ0n) is 15.9. The summed E-state index contributed by atoms with van der Waals surface area (Å²) in [6.45, 7) is 5.37. The van der Waals surface area contributed by atoms with Gasteiger partial charge in [0.05, 0.1) is 11.4 Å².